The minimum Gasteiger partial charge on any atom is -0.346 e. The van der Waals surface area contributed by atoms with E-state index in [2.05, 4.69) is 32.3 Å². The van der Waals surface area contributed by atoms with E-state index in [9.17, 15) is 61.5 Å². The van der Waals surface area contributed by atoms with Crippen LogP contribution in [0.4, 0.5) is 49.7 Å². The van der Waals surface area contributed by atoms with Gasteiger partial charge in [0.2, 0.25) is 15.9 Å². The maximum Gasteiger partial charge on any atom is 0.435 e. The van der Waals surface area contributed by atoms with Crippen LogP contribution in [0.1, 0.15) is 80.0 Å². The molecule has 1 fully saturated rings. The van der Waals surface area contributed by atoms with Crippen LogP contribution in [0.5, 0.6) is 0 Å². The van der Waals surface area contributed by atoms with Crippen LogP contribution in [-0.4, -0.2) is 102 Å². The zero-order valence-corrected chi connectivity index (χ0v) is 42.2. The summed E-state index contributed by atoms with van der Waals surface area (Å²) in [5, 5.41) is 8.95. The van der Waals surface area contributed by atoms with Crippen molar-refractivity contribution in [1.29, 1.82) is 0 Å². The molecule has 0 spiro atoms. The van der Waals surface area contributed by atoms with Gasteiger partial charge in [-0.25, -0.2) is 30.6 Å². The van der Waals surface area contributed by atoms with Crippen molar-refractivity contribution in [3.05, 3.63) is 93.0 Å². The Hall–Kier alpha value is -5.78. The van der Waals surface area contributed by atoms with Crippen molar-refractivity contribution < 1.29 is 70.3 Å². The first-order valence-corrected chi connectivity index (χ1v) is 26.1. The summed E-state index contributed by atoms with van der Waals surface area (Å²) < 4.78 is 199. The number of benzene rings is 2. The summed E-state index contributed by atoms with van der Waals surface area (Å²) in [5.74, 6) is -7.53. The van der Waals surface area contributed by atoms with Gasteiger partial charge in [-0.1, -0.05) is 37.4 Å². The molecule has 3 heterocycles. The Kier molecular flexibility index (Phi) is 14.2. The molecular formula is C46H45ClF10N8O6S2. The third-order valence-corrected chi connectivity index (χ3v) is 15.8. The fraction of sp³-hybridized carbons (Fsp3) is 0.457. The smallest absolute Gasteiger partial charge is 0.346 e. The second kappa shape index (κ2) is 18.9. The molecule has 1 N–H and O–H groups in total. The highest BCUT2D eigenvalue weighted by Crippen LogP contribution is 2.68. The molecule has 27 heteroatoms. The van der Waals surface area contributed by atoms with Crippen molar-refractivity contribution in [2.75, 3.05) is 30.9 Å². The maximum atomic E-state index is 15.6. The Morgan fingerprint density at radius 1 is 0.932 bits per heavy atom. The number of pyridine rings is 1. The van der Waals surface area contributed by atoms with E-state index in [4.69, 9.17) is 11.6 Å². The number of hydrogen-bond donors (Lipinski definition) is 1. The fourth-order valence-corrected chi connectivity index (χ4v) is 10.4. The van der Waals surface area contributed by atoms with Crippen molar-refractivity contribution >= 4 is 60.0 Å². The van der Waals surface area contributed by atoms with Crippen molar-refractivity contribution in [3.63, 3.8) is 0 Å². The zero-order valence-electron chi connectivity index (χ0n) is 39.8. The van der Waals surface area contributed by atoms with Crippen LogP contribution in [0.25, 0.3) is 22.0 Å². The molecule has 0 bridgehead atoms. The molecule has 14 nitrogen and oxygen atoms in total. The molecule has 73 heavy (non-hydrogen) atoms. The van der Waals surface area contributed by atoms with Crippen LogP contribution in [0.3, 0.4) is 0 Å². The van der Waals surface area contributed by atoms with E-state index in [-0.39, 0.29) is 37.8 Å². The number of nitrogens with one attached hydrogen (secondary N) is 1. The van der Waals surface area contributed by atoms with Crippen molar-refractivity contribution in [3.8, 4) is 23.0 Å². The number of anilines is 1. The molecule has 5 aromatic rings. The average molecular weight is 1100 g/mol. The van der Waals surface area contributed by atoms with E-state index in [1.54, 1.807) is 13.8 Å². The third-order valence-electron chi connectivity index (χ3n) is 12.5. The average Bonchev–Trinajstić information content (AvgIpc) is 3.74. The number of carbonyl (C=O) groups is 2. The van der Waals surface area contributed by atoms with E-state index in [1.807, 2.05) is 0 Å². The van der Waals surface area contributed by atoms with Crippen LogP contribution in [-0.2, 0) is 61.1 Å². The highest BCUT2D eigenvalue weighted by Gasteiger charge is 2.68. The molecular weight excluding hydrogens is 1050 g/mol. The normalized spacial score (nSPS) is 17.5. The molecule has 3 aromatic heterocycles. The molecule has 2 aliphatic rings. The number of carbonyl (C=O) groups excluding carboxylic acids is 2. The lowest BCUT2D eigenvalue weighted by atomic mass is 9.93. The molecule has 0 radical (unpaired) electrons. The van der Waals surface area contributed by atoms with Crippen LogP contribution in [0.15, 0.2) is 42.5 Å². The first kappa shape index (κ1) is 55.0. The van der Waals surface area contributed by atoms with Gasteiger partial charge in [0, 0.05) is 34.9 Å². The Balaban J connectivity index is 1.51. The SMILES string of the molecule is CC(C)[C@@H](C(=O)N(c1nn(CC(F)(F)F)c2c(-c3ccc(C#CC(C)(C)S(C)(=O)=O)nc3[C@H](Cc3cc(F)cc(F)c3)NC(=O)Cn3nc(C(F)(F)F)c4c3C(F)(F)[C@@H]3C[C@H]43)ccc(Cl)c12)S(C)(=O)=O)N(C)C. The number of nitrogens with zero attached hydrogens (tertiary/aromatic N) is 7. The predicted octanol–water partition coefficient (Wildman–Crippen LogP) is 8.17. The topological polar surface area (TPSA) is 169 Å². The van der Waals surface area contributed by atoms with Gasteiger partial charge in [-0.15, -0.1) is 0 Å². The van der Waals surface area contributed by atoms with Gasteiger partial charge in [0.05, 0.1) is 40.0 Å². The standard InChI is InChI=1S/C46H45ClF10N8O6S2/c1-22(2)37(62(5)6)42(67)65(73(8,70)71)41-35-31(47)12-11-28(38(35)64(61-41)21-44(50,51)52)27-10-9-26(13-14-43(3,4)72(7,68)69)58-36(27)32(17-23-15-24(48)18-25(49)16-23)59-33(66)20-63-40-34(39(60-63)46(55,56)57)29-19-30(29)45(40,53)54/h9-12,15-16,18,22,29-30,32,37H,17,19-21H2,1-8H3,(H,59,66)/t29-,30+,32-,37-/m0/s1. The number of alkyl halides is 8. The summed E-state index contributed by atoms with van der Waals surface area (Å²) in [7, 11) is -5.73. The number of sulfone groups is 1. The van der Waals surface area contributed by atoms with E-state index < -0.39 is 160 Å². The summed E-state index contributed by atoms with van der Waals surface area (Å²) in [6, 6.07) is 3.78. The number of rotatable bonds is 14. The Bertz CT molecular complexity index is 3340. The monoisotopic (exact) mass is 1090 g/mol. The summed E-state index contributed by atoms with van der Waals surface area (Å²) >= 11 is 6.72. The summed E-state index contributed by atoms with van der Waals surface area (Å²) in [6.45, 7) is 2.44. The molecule has 2 aliphatic carbocycles. The number of fused-ring (bicyclic) bond motifs is 4. The van der Waals surface area contributed by atoms with Crippen LogP contribution in [0, 0.1) is 35.3 Å². The fourth-order valence-electron chi connectivity index (χ4n) is 9.05. The molecule has 0 unspecified atom stereocenters. The quantitative estimate of drug-likeness (QED) is 0.0846. The lowest BCUT2D eigenvalue weighted by Gasteiger charge is -2.30. The Morgan fingerprint density at radius 2 is 1.55 bits per heavy atom. The molecule has 394 valence electrons. The van der Waals surface area contributed by atoms with E-state index in [0.29, 0.717) is 17.0 Å². The second-order valence-electron chi connectivity index (χ2n) is 19.0. The van der Waals surface area contributed by atoms with E-state index in [0.717, 1.165) is 30.5 Å². The third kappa shape index (κ3) is 10.9. The van der Waals surface area contributed by atoms with Gasteiger partial charge in [0.25, 0.3) is 11.8 Å². The largest absolute Gasteiger partial charge is 0.435 e. The molecule has 0 aliphatic heterocycles. The second-order valence-corrected chi connectivity index (χ2v) is 23.8. The van der Waals surface area contributed by atoms with Crippen molar-refractivity contribution in [2.45, 2.75) is 94.6 Å². The van der Waals surface area contributed by atoms with Gasteiger partial charge in [0.15, 0.2) is 21.3 Å². The molecule has 2 aromatic carbocycles. The van der Waals surface area contributed by atoms with E-state index in [1.165, 1.54) is 45.0 Å². The number of halogens is 11. The van der Waals surface area contributed by atoms with Gasteiger partial charge < -0.3 is 5.32 Å². The molecule has 4 atom stereocenters. The highest BCUT2D eigenvalue weighted by atomic mass is 35.5. The van der Waals surface area contributed by atoms with Crippen LogP contribution >= 0.6 is 11.6 Å². The van der Waals surface area contributed by atoms with Gasteiger partial charge >= 0.3 is 12.4 Å². The first-order chi connectivity index (χ1) is 33.4. The van der Waals surface area contributed by atoms with Crippen molar-refractivity contribution in [2.24, 2.45) is 11.8 Å². The van der Waals surface area contributed by atoms with Crippen molar-refractivity contribution in [1.82, 2.24) is 34.8 Å². The lowest BCUT2D eigenvalue weighted by molar-refractivity contribution is -0.143. The number of aromatic nitrogens is 5. The van der Waals surface area contributed by atoms with Gasteiger partial charge in [-0.05, 0) is 94.4 Å². The first-order valence-electron chi connectivity index (χ1n) is 21.9. The molecule has 1 saturated carbocycles. The number of hydrogen-bond acceptors (Lipinski definition) is 10. The number of sulfonamides is 1. The summed E-state index contributed by atoms with van der Waals surface area (Å²) in [5.41, 5.74) is -5.68. The van der Waals surface area contributed by atoms with Gasteiger partial charge in [-0.3, -0.25) is 23.9 Å². The van der Waals surface area contributed by atoms with Gasteiger partial charge in [0.1, 0.15) is 40.9 Å². The molecule has 7 rings (SSSR count). The Morgan fingerprint density at radius 3 is 2.10 bits per heavy atom. The van der Waals surface area contributed by atoms with Crippen LogP contribution < -0.4 is 9.62 Å². The summed E-state index contributed by atoms with van der Waals surface area (Å²) in [4.78, 5) is 34.5. The Labute approximate surface area is 417 Å². The number of likely N-dealkylation sites (N-methyl/N-ethyl adjacent to an activating group) is 1. The zero-order chi connectivity index (χ0) is 54.5. The predicted molar refractivity (Wildman–Crippen MR) is 247 cm³/mol. The minimum atomic E-state index is -5.22. The van der Waals surface area contributed by atoms with Crippen LogP contribution in [0.2, 0.25) is 5.02 Å². The highest BCUT2D eigenvalue weighted by molar-refractivity contribution is 7.93. The lowest BCUT2D eigenvalue weighted by Crippen LogP contribution is -2.51. The summed E-state index contributed by atoms with van der Waals surface area (Å²) in [6.07, 6.45) is -9.78. The maximum absolute atomic E-state index is 15.6. The van der Waals surface area contributed by atoms with E-state index >= 15 is 8.78 Å². The number of amides is 2. The minimum absolute atomic E-state index is 0.205. The molecule has 2 amide bonds. The molecule has 0 saturated heterocycles. The van der Waals surface area contributed by atoms with Gasteiger partial charge in [-0.2, -0.15) is 49.6 Å².